The highest BCUT2D eigenvalue weighted by Crippen LogP contribution is 2.34. The van der Waals surface area contributed by atoms with E-state index in [2.05, 4.69) is 10.1 Å². The summed E-state index contributed by atoms with van der Waals surface area (Å²) in [7, 11) is 1.65. The van der Waals surface area contributed by atoms with E-state index < -0.39 is 5.54 Å². The van der Waals surface area contributed by atoms with Crippen LogP contribution in [-0.2, 0) is 5.54 Å². The summed E-state index contributed by atoms with van der Waals surface area (Å²) in [5, 5.41) is 4.03. The molecule has 2 N–H and O–H groups in total. The van der Waals surface area contributed by atoms with Crippen molar-refractivity contribution in [3.05, 3.63) is 41.5 Å². The van der Waals surface area contributed by atoms with Crippen LogP contribution in [-0.4, -0.2) is 17.3 Å². The summed E-state index contributed by atoms with van der Waals surface area (Å²) in [5.41, 5.74) is 6.86. The Morgan fingerprint density at radius 3 is 2.76 bits per heavy atom. The molecule has 1 aliphatic carbocycles. The zero-order valence-electron chi connectivity index (χ0n) is 12.1. The lowest BCUT2D eigenvalue weighted by Crippen LogP contribution is -2.34. The molecule has 0 radical (unpaired) electrons. The normalized spacial score (nSPS) is 17.4. The first-order chi connectivity index (χ1) is 10.2. The predicted molar refractivity (Wildman–Crippen MR) is 80.6 cm³/mol. The van der Waals surface area contributed by atoms with Gasteiger partial charge in [0.25, 0.3) is 5.89 Å². The largest absolute Gasteiger partial charge is 0.496 e. The number of nitrogens with zero attached hydrogens (tertiary/aromatic N) is 2. The first-order valence-corrected chi connectivity index (χ1v) is 7.15. The number of aromatic nitrogens is 2. The number of rotatable bonds is 4. The summed E-state index contributed by atoms with van der Waals surface area (Å²) in [6.07, 6.45) is 7.76. The molecule has 0 unspecified atom stereocenters. The highest BCUT2D eigenvalue weighted by atomic mass is 16.5. The zero-order chi connectivity index (χ0) is 14.7. The summed E-state index contributed by atoms with van der Waals surface area (Å²) in [6.45, 7) is 0. The Kier molecular flexibility index (Phi) is 3.75. The van der Waals surface area contributed by atoms with E-state index in [9.17, 15) is 0 Å². The van der Waals surface area contributed by atoms with Gasteiger partial charge in [0.1, 0.15) is 5.75 Å². The summed E-state index contributed by atoms with van der Waals surface area (Å²) in [6, 6.07) is 7.76. The van der Waals surface area contributed by atoms with Gasteiger partial charge in [0, 0.05) is 11.6 Å². The lowest BCUT2D eigenvalue weighted by atomic mass is 9.99. The van der Waals surface area contributed by atoms with Gasteiger partial charge in [-0.05, 0) is 25.0 Å². The van der Waals surface area contributed by atoms with Gasteiger partial charge in [0.05, 0.1) is 12.6 Å². The second kappa shape index (κ2) is 5.69. The zero-order valence-corrected chi connectivity index (χ0v) is 12.1. The minimum Gasteiger partial charge on any atom is -0.496 e. The monoisotopic (exact) mass is 285 g/mol. The molecule has 0 atom stereocenters. The molecule has 1 aromatic carbocycles. The molecular weight excluding hydrogens is 266 g/mol. The maximum absolute atomic E-state index is 6.32. The van der Waals surface area contributed by atoms with Crippen molar-refractivity contribution >= 4 is 12.2 Å². The summed E-state index contributed by atoms with van der Waals surface area (Å²) < 4.78 is 10.6. The summed E-state index contributed by atoms with van der Waals surface area (Å²) in [4.78, 5) is 4.40. The van der Waals surface area contributed by atoms with E-state index in [0.29, 0.717) is 11.7 Å². The quantitative estimate of drug-likeness (QED) is 0.934. The first kappa shape index (κ1) is 13.8. The van der Waals surface area contributed by atoms with Gasteiger partial charge in [0.2, 0.25) is 0 Å². The van der Waals surface area contributed by atoms with Crippen LogP contribution in [0.1, 0.15) is 43.0 Å². The molecule has 5 nitrogen and oxygen atoms in total. The molecule has 1 aromatic heterocycles. The van der Waals surface area contributed by atoms with Crippen LogP contribution in [0.25, 0.3) is 12.2 Å². The van der Waals surface area contributed by atoms with Crippen LogP contribution in [0.2, 0.25) is 0 Å². The van der Waals surface area contributed by atoms with Gasteiger partial charge in [-0.3, -0.25) is 0 Å². The molecule has 0 amide bonds. The molecule has 1 aliphatic rings. The van der Waals surface area contributed by atoms with Crippen molar-refractivity contribution in [1.29, 1.82) is 0 Å². The van der Waals surface area contributed by atoms with Gasteiger partial charge in [-0.25, -0.2) is 0 Å². The highest BCUT2D eigenvalue weighted by Gasteiger charge is 2.35. The molecular formula is C16H19N3O2. The molecule has 5 heteroatoms. The lowest BCUT2D eigenvalue weighted by molar-refractivity contribution is 0.364. The topological polar surface area (TPSA) is 74.2 Å². The van der Waals surface area contributed by atoms with E-state index in [1.54, 1.807) is 13.2 Å². The van der Waals surface area contributed by atoms with E-state index in [1.807, 2.05) is 30.3 Å². The van der Waals surface area contributed by atoms with Crippen LogP contribution in [0, 0.1) is 0 Å². The minimum absolute atomic E-state index is 0.417. The van der Waals surface area contributed by atoms with E-state index >= 15 is 0 Å². The Morgan fingerprint density at radius 1 is 1.24 bits per heavy atom. The standard InChI is InChI=1S/C16H19N3O2/c1-20-13-7-3-2-6-12(13)8-9-14-18-15(19-21-14)16(17)10-4-5-11-16/h2-3,6-9H,4-5,10-11,17H2,1H3/b9-8+. The van der Waals surface area contributed by atoms with E-state index in [0.717, 1.165) is 37.0 Å². The number of hydrogen-bond donors (Lipinski definition) is 1. The Morgan fingerprint density at radius 2 is 2.00 bits per heavy atom. The number of methoxy groups -OCH3 is 1. The molecule has 110 valence electrons. The van der Waals surface area contributed by atoms with Gasteiger partial charge in [-0.1, -0.05) is 36.2 Å². The second-order valence-electron chi connectivity index (χ2n) is 5.39. The highest BCUT2D eigenvalue weighted by molar-refractivity contribution is 5.69. The lowest BCUT2D eigenvalue weighted by Gasteiger charge is -2.17. The molecule has 1 heterocycles. The van der Waals surface area contributed by atoms with Crippen molar-refractivity contribution in [2.24, 2.45) is 5.73 Å². The molecule has 3 rings (SSSR count). The maximum atomic E-state index is 6.32. The van der Waals surface area contributed by atoms with Gasteiger partial charge in [0.15, 0.2) is 5.82 Å². The van der Waals surface area contributed by atoms with Crippen LogP contribution in [0.4, 0.5) is 0 Å². The number of benzene rings is 1. The van der Waals surface area contributed by atoms with Crippen LogP contribution in [0.3, 0.4) is 0 Å². The minimum atomic E-state index is -0.417. The van der Waals surface area contributed by atoms with Gasteiger partial charge < -0.3 is 15.0 Å². The molecule has 21 heavy (non-hydrogen) atoms. The molecule has 0 spiro atoms. The second-order valence-corrected chi connectivity index (χ2v) is 5.39. The van der Waals surface area contributed by atoms with Crippen molar-refractivity contribution in [1.82, 2.24) is 10.1 Å². The SMILES string of the molecule is COc1ccccc1/C=C/c1nc(C2(N)CCCC2)no1. The van der Waals surface area contributed by atoms with Crippen molar-refractivity contribution in [3.63, 3.8) is 0 Å². The Balaban J connectivity index is 1.79. The average Bonchev–Trinajstić information content (AvgIpc) is 3.15. The van der Waals surface area contributed by atoms with E-state index in [4.69, 9.17) is 15.0 Å². The third-order valence-electron chi connectivity index (χ3n) is 3.93. The number of nitrogens with two attached hydrogens (primary N) is 1. The Hall–Kier alpha value is -2.14. The number of ether oxygens (including phenoxy) is 1. The van der Waals surface area contributed by atoms with Gasteiger partial charge >= 0.3 is 0 Å². The average molecular weight is 285 g/mol. The first-order valence-electron chi connectivity index (χ1n) is 7.15. The fourth-order valence-corrected chi connectivity index (χ4v) is 2.70. The van der Waals surface area contributed by atoms with Crippen LogP contribution < -0.4 is 10.5 Å². The van der Waals surface area contributed by atoms with Crippen LogP contribution >= 0.6 is 0 Å². The third kappa shape index (κ3) is 2.83. The molecule has 0 bridgehead atoms. The molecule has 1 fully saturated rings. The fourth-order valence-electron chi connectivity index (χ4n) is 2.70. The van der Waals surface area contributed by atoms with Crippen LogP contribution in [0.15, 0.2) is 28.8 Å². The molecule has 0 saturated heterocycles. The number of para-hydroxylation sites is 1. The smallest absolute Gasteiger partial charge is 0.250 e. The fraction of sp³-hybridized carbons (Fsp3) is 0.375. The van der Waals surface area contributed by atoms with Crippen molar-refractivity contribution in [2.75, 3.05) is 7.11 Å². The van der Waals surface area contributed by atoms with E-state index in [1.165, 1.54) is 0 Å². The van der Waals surface area contributed by atoms with Crippen LogP contribution in [0.5, 0.6) is 5.75 Å². The third-order valence-corrected chi connectivity index (χ3v) is 3.93. The molecule has 1 saturated carbocycles. The predicted octanol–water partition coefficient (Wildman–Crippen LogP) is 2.98. The van der Waals surface area contributed by atoms with Crippen molar-refractivity contribution in [3.8, 4) is 5.75 Å². The Bertz CT molecular complexity index is 642. The van der Waals surface area contributed by atoms with Crippen molar-refractivity contribution in [2.45, 2.75) is 31.2 Å². The summed E-state index contributed by atoms with van der Waals surface area (Å²) in [5.74, 6) is 1.88. The van der Waals surface area contributed by atoms with Gasteiger partial charge in [-0.2, -0.15) is 4.98 Å². The molecule has 0 aliphatic heterocycles. The Labute approximate surface area is 123 Å². The van der Waals surface area contributed by atoms with E-state index in [-0.39, 0.29) is 0 Å². The van der Waals surface area contributed by atoms with Gasteiger partial charge in [-0.15, -0.1) is 0 Å². The number of hydrogen-bond acceptors (Lipinski definition) is 5. The van der Waals surface area contributed by atoms with Crippen molar-refractivity contribution < 1.29 is 9.26 Å². The maximum Gasteiger partial charge on any atom is 0.250 e. The summed E-state index contributed by atoms with van der Waals surface area (Å²) >= 11 is 0. The molecule has 2 aromatic rings.